The van der Waals surface area contributed by atoms with Crippen LogP contribution in [0.4, 0.5) is 0 Å². The average molecular weight is 487 g/mol. The van der Waals surface area contributed by atoms with Gasteiger partial charge in [0.2, 0.25) is 5.91 Å². The van der Waals surface area contributed by atoms with E-state index in [1.54, 1.807) is 0 Å². The van der Waals surface area contributed by atoms with Crippen molar-refractivity contribution in [3.05, 3.63) is 12.2 Å². The van der Waals surface area contributed by atoms with E-state index in [0.29, 0.717) is 58.5 Å². The summed E-state index contributed by atoms with van der Waals surface area (Å²) < 4.78 is 21.5. The highest BCUT2D eigenvalue weighted by molar-refractivity contribution is 6.12. The second-order valence-corrected chi connectivity index (χ2v) is 7.68. The standard InChI is InChI=1S/C23H38N2O9/c1-3-19(17-26)34-23(31-2)10-7-18(27)5-4-6-20(28)24-11-13-32-15-16-33-14-12-25-21(29)8-9-22(25)30/h8-9,19,23,26H,3-7,10-17H2,1-2H3,(H,24,28). The molecule has 0 saturated carbocycles. The molecule has 11 nitrogen and oxygen atoms in total. The number of nitrogens with one attached hydrogen (secondary N) is 1. The van der Waals surface area contributed by atoms with Crippen LogP contribution in [-0.4, -0.2) is 99.1 Å². The fourth-order valence-electron chi connectivity index (χ4n) is 3.05. The summed E-state index contributed by atoms with van der Waals surface area (Å²) in [7, 11) is 1.50. The molecule has 2 atom stereocenters. The van der Waals surface area contributed by atoms with E-state index >= 15 is 0 Å². The quantitative estimate of drug-likeness (QED) is 0.133. The van der Waals surface area contributed by atoms with Crippen molar-refractivity contribution >= 4 is 23.5 Å². The molecule has 194 valence electrons. The van der Waals surface area contributed by atoms with Gasteiger partial charge in [0.25, 0.3) is 11.8 Å². The lowest BCUT2D eigenvalue weighted by Crippen LogP contribution is -2.33. The number of methoxy groups -OCH3 is 1. The maximum absolute atomic E-state index is 12.0. The van der Waals surface area contributed by atoms with E-state index in [1.165, 1.54) is 19.3 Å². The van der Waals surface area contributed by atoms with E-state index < -0.39 is 6.29 Å². The number of imide groups is 1. The Kier molecular flexibility index (Phi) is 16.0. The van der Waals surface area contributed by atoms with Crippen LogP contribution in [0.25, 0.3) is 0 Å². The summed E-state index contributed by atoms with van der Waals surface area (Å²) in [6.45, 7) is 3.56. The Hall–Kier alpha value is -2.18. The smallest absolute Gasteiger partial charge is 0.253 e. The van der Waals surface area contributed by atoms with Crippen LogP contribution in [0.15, 0.2) is 12.2 Å². The largest absolute Gasteiger partial charge is 0.394 e. The number of aliphatic hydroxyl groups is 1. The molecule has 0 aromatic heterocycles. The number of carbonyl (C=O) groups excluding carboxylic acids is 4. The van der Waals surface area contributed by atoms with Crippen LogP contribution in [-0.2, 0) is 38.1 Å². The number of hydrogen-bond donors (Lipinski definition) is 2. The SMILES string of the molecule is CCC(CO)OC(CCC(=O)CCCC(=O)NCCOCCOCCN1C(=O)C=CC1=O)OC. The Bertz CT molecular complexity index is 647. The number of aliphatic hydroxyl groups excluding tert-OH is 1. The van der Waals surface area contributed by atoms with Gasteiger partial charge in [-0.3, -0.25) is 24.1 Å². The second-order valence-electron chi connectivity index (χ2n) is 7.68. The van der Waals surface area contributed by atoms with Crippen molar-refractivity contribution in [1.29, 1.82) is 0 Å². The third-order valence-corrected chi connectivity index (χ3v) is 5.08. The van der Waals surface area contributed by atoms with Crippen molar-refractivity contribution < 1.29 is 43.2 Å². The van der Waals surface area contributed by atoms with Crippen molar-refractivity contribution in [3.63, 3.8) is 0 Å². The van der Waals surface area contributed by atoms with Crippen LogP contribution in [0.3, 0.4) is 0 Å². The zero-order chi connectivity index (χ0) is 25.2. The number of rotatable bonds is 21. The predicted molar refractivity (Wildman–Crippen MR) is 122 cm³/mol. The van der Waals surface area contributed by atoms with Crippen LogP contribution >= 0.6 is 0 Å². The minimum Gasteiger partial charge on any atom is -0.394 e. The van der Waals surface area contributed by atoms with Gasteiger partial charge in [0.05, 0.1) is 45.7 Å². The van der Waals surface area contributed by atoms with Gasteiger partial charge in [-0.25, -0.2) is 0 Å². The summed E-state index contributed by atoms with van der Waals surface area (Å²) in [5.41, 5.74) is 0. The van der Waals surface area contributed by atoms with Gasteiger partial charge in [-0.05, 0) is 12.8 Å². The third kappa shape index (κ3) is 12.9. The minimum atomic E-state index is -0.537. The molecule has 2 N–H and O–H groups in total. The average Bonchev–Trinajstić information content (AvgIpc) is 3.15. The maximum Gasteiger partial charge on any atom is 0.253 e. The lowest BCUT2D eigenvalue weighted by molar-refractivity contribution is -0.169. The number of carbonyl (C=O) groups is 4. The van der Waals surface area contributed by atoms with Gasteiger partial charge in [0.1, 0.15) is 5.78 Å². The first-order chi connectivity index (χ1) is 16.4. The van der Waals surface area contributed by atoms with Crippen molar-refractivity contribution in [2.45, 2.75) is 57.8 Å². The van der Waals surface area contributed by atoms with Crippen LogP contribution in [0.2, 0.25) is 0 Å². The monoisotopic (exact) mass is 486 g/mol. The van der Waals surface area contributed by atoms with Gasteiger partial charge in [-0.2, -0.15) is 0 Å². The number of hydrogen-bond acceptors (Lipinski definition) is 9. The molecule has 0 aliphatic carbocycles. The molecule has 1 heterocycles. The molecule has 0 spiro atoms. The van der Waals surface area contributed by atoms with E-state index in [0.717, 1.165) is 4.90 Å². The second kappa shape index (κ2) is 18.2. The molecule has 0 bridgehead atoms. The lowest BCUT2D eigenvalue weighted by atomic mass is 10.1. The van der Waals surface area contributed by atoms with E-state index in [2.05, 4.69) is 5.32 Å². The third-order valence-electron chi connectivity index (χ3n) is 5.08. The Balaban J connectivity index is 1.95. The van der Waals surface area contributed by atoms with Gasteiger partial charge in [0.15, 0.2) is 6.29 Å². The summed E-state index contributed by atoms with van der Waals surface area (Å²) in [5, 5.41) is 11.9. The molecule has 1 aliphatic heterocycles. The summed E-state index contributed by atoms with van der Waals surface area (Å²) in [6.07, 6.45) is 3.99. The maximum atomic E-state index is 12.0. The van der Waals surface area contributed by atoms with Crippen molar-refractivity contribution in [2.75, 3.05) is 53.2 Å². The van der Waals surface area contributed by atoms with Crippen LogP contribution in [0, 0.1) is 0 Å². The molecule has 0 aromatic carbocycles. The first-order valence-electron chi connectivity index (χ1n) is 11.7. The number of ketones is 1. The molecule has 11 heteroatoms. The lowest BCUT2D eigenvalue weighted by Gasteiger charge is -2.21. The topological polar surface area (TPSA) is 141 Å². The zero-order valence-corrected chi connectivity index (χ0v) is 20.2. The molecule has 0 aromatic rings. The Morgan fingerprint density at radius 2 is 1.71 bits per heavy atom. The minimum absolute atomic E-state index is 0.0357. The fraction of sp³-hybridized carbons (Fsp3) is 0.739. The predicted octanol–water partition coefficient (Wildman–Crippen LogP) is 0.340. The number of ether oxygens (including phenoxy) is 4. The summed E-state index contributed by atoms with van der Waals surface area (Å²) in [5.74, 6) is -0.779. The molecular weight excluding hydrogens is 448 g/mol. The van der Waals surface area contributed by atoms with Crippen LogP contribution < -0.4 is 5.32 Å². The van der Waals surface area contributed by atoms with Gasteiger partial charge < -0.3 is 29.4 Å². The van der Waals surface area contributed by atoms with Gasteiger partial charge in [0, 0.05) is 51.5 Å². The van der Waals surface area contributed by atoms with Gasteiger partial charge in [-0.1, -0.05) is 6.92 Å². The summed E-state index contributed by atoms with van der Waals surface area (Å²) >= 11 is 0. The molecule has 1 rings (SSSR count). The van der Waals surface area contributed by atoms with Crippen molar-refractivity contribution in [1.82, 2.24) is 10.2 Å². The number of amides is 3. The highest BCUT2D eigenvalue weighted by atomic mass is 16.7. The summed E-state index contributed by atoms with van der Waals surface area (Å²) in [6, 6.07) is 0. The molecule has 1 aliphatic rings. The Labute approximate surface area is 200 Å². The Morgan fingerprint density at radius 3 is 2.32 bits per heavy atom. The number of nitrogens with zero attached hydrogens (tertiary/aromatic N) is 1. The fourth-order valence-corrected chi connectivity index (χ4v) is 3.05. The molecule has 0 radical (unpaired) electrons. The van der Waals surface area contributed by atoms with Crippen LogP contribution in [0.5, 0.6) is 0 Å². The molecule has 34 heavy (non-hydrogen) atoms. The highest BCUT2D eigenvalue weighted by Gasteiger charge is 2.22. The van der Waals surface area contributed by atoms with E-state index in [-0.39, 0.29) is 55.8 Å². The van der Waals surface area contributed by atoms with Gasteiger partial charge in [-0.15, -0.1) is 0 Å². The molecule has 0 saturated heterocycles. The highest BCUT2D eigenvalue weighted by Crippen LogP contribution is 2.11. The van der Waals surface area contributed by atoms with Crippen molar-refractivity contribution in [3.8, 4) is 0 Å². The normalized spacial score (nSPS) is 15.1. The molecular formula is C23H38N2O9. The molecule has 3 amide bonds. The molecule has 0 fully saturated rings. The van der Waals surface area contributed by atoms with E-state index in [9.17, 15) is 24.3 Å². The number of Topliss-reactive ketones (excluding diaryl/α,β-unsaturated/α-hetero) is 1. The van der Waals surface area contributed by atoms with E-state index in [4.69, 9.17) is 18.9 Å². The first-order valence-corrected chi connectivity index (χ1v) is 11.7. The van der Waals surface area contributed by atoms with Crippen molar-refractivity contribution in [2.24, 2.45) is 0 Å². The van der Waals surface area contributed by atoms with Gasteiger partial charge >= 0.3 is 0 Å². The summed E-state index contributed by atoms with van der Waals surface area (Å²) in [4.78, 5) is 47.7. The Morgan fingerprint density at radius 1 is 1.03 bits per heavy atom. The van der Waals surface area contributed by atoms with E-state index in [1.807, 2.05) is 6.92 Å². The first kappa shape index (κ1) is 29.9. The zero-order valence-electron chi connectivity index (χ0n) is 20.2. The molecule has 2 unspecified atom stereocenters. The van der Waals surface area contributed by atoms with Crippen LogP contribution in [0.1, 0.15) is 45.4 Å².